The minimum Gasteiger partial charge on any atom is -0.486 e. The van der Waals surface area contributed by atoms with Crippen LogP contribution in [0.1, 0.15) is 5.56 Å². The molecule has 1 heterocycles. The third-order valence-electron chi connectivity index (χ3n) is 2.91. The van der Waals surface area contributed by atoms with Gasteiger partial charge in [-0.15, -0.1) is 0 Å². The SMILES string of the molecule is NCc1ccc(Sc2ccc3c(c2)OCCO3)cc1. The van der Waals surface area contributed by atoms with Gasteiger partial charge in [0.15, 0.2) is 11.5 Å². The minimum absolute atomic E-state index is 0.578. The third-order valence-corrected chi connectivity index (χ3v) is 3.91. The Morgan fingerprint density at radius 2 is 1.58 bits per heavy atom. The van der Waals surface area contributed by atoms with Crippen LogP contribution in [-0.4, -0.2) is 13.2 Å². The van der Waals surface area contributed by atoms with Crippen LogP contribution in [0, 0.1) is 0 Å². The molecule has 0 saturated carbocycles. The van der Waals surface area contributed by atoms with Crippen molar-refractivity contribution in [3.8, 4) is 11.5 Å². The minimum atomic E-state index is 0.578. The smallest absolute Gasteiger partial charge is 0.162 e. The Kier molecular flexibility index (Phi) is 3.62. The summed E-state index contributed by atoms with van der Waals surface area (Å²) < 4.78 is 11.1. The molecule has 3 rings (SSSR count). The highest BCUT2D eigenvalue weighted by Crippen LogP contribution is 2.36. The monoisotopic (exact) mass is 273 g/mol. The van der Waals surface area contributed by atoms with Crippen LogP contribution in [0.3, 0.4) is 0 Å². The van der Waals surface area contributed by atoms with Crippen LogP contribution in [-0.2, 0) is 6.54 Å². The van der Waals surface area contributed by atoms with Gasteiger partial charge >= 0.3 is 0 Å². The number of rotatable bonds is 3. The van der Waals surface area contributed by atoms with Crippen LogP contribution in [0.4, 0.5) is 0 Å². The first-order valence-corrected chi connectivity index (χ1v) is 7.03. The summed E-state index contributed by atoms with van der Waals surface area (Å²) in [5, 5.41) is 0. The fraction of sp³-hybridized carbons (Fsp3) is 0.200. The number of hydrogen-bond acceptors (Lipinski definition) is 4. The molecule has 3 nitrogen and oxygen atoms in total. The van der Waals surface area contributed by atoms with Crippen LogP contribution in [0.15, 0.2) is 52.3 Å². The van der Waals surface area contributed by atoms with Gasteiger partial charge in [-0.2, -0.15) is 0 Å². The van der Waals surface area contributed by atoms with E-state index in [1.54, 1.807) is 11.8 Å². The first kappa shape index (κ1) is 12.4. The molecular weight excluding hydrogens is 258 g/mol. The van der Waals surface area contributed by atoms with Gasteiger partial charge in [0.1, 0.15) is 13.2 Å². The van der Waals surface area contributed by atoms with Crippen molar-refractivity contribution >= 4 is 11.8 Å². The van der Waals surface area contributed by atoms with Crippen molar-refractivity contribution in [2.75, 3.05) is 13.2 Å². The van der Waals surface area contributed by atoms with Crippen molar-refractivity contribution < 1.29 is 9.47 Å². The highest BCUT2D eigenvalue weighted by molar-refractivity contribution is 7.99. The fourth-order valence-electron chi connectivity index (χ4n) is 1.92. The molecule has 1 aliphatic heterocycles. The lowest BCUT2D eigenvalue weighted by Crippen LogP contribution is -2.15. The molecule has 2 N–H and O–H groups in total. The lowest BCUT2D eigenvalue weighted by molar-refractivity contribution is 0.171. The molecule has 0 atom stereocenters. The van der Waals surface area contributed by atoms with Crippen molar-refractivity contribution in [2.45, 2.75) is 16.3 Å². The second kappa shape index (κ2) is 5.55. The van der Waals surface area contributed by atoms with Crippen molar-refractivity contribution in [2.24, 2.45) is 5.73 Å². The Labute approximate surface area is 116 Å². The molecule has 2 aromatic carbocycles. The average molecular weight is 273 g/mol. The largest absolute Gasteiger partial charge is 0.486 e. The molecule has 0 radical (unpaired) electrons. The first-order valence-electron chi connectivity index (χ1n) is 6.22. The van der Waals surface area contributed by atoms with E-state index in [4.69, 9.17) is 15.2 Å². The summed E-state index contributed by atoms with van der Waals surface area (Å²) in [6, 6.07) is 14.3. The van der Waals surface area contributed by atoms with Crippen molar-refractivity contribution in [3.05, 3.63) is 48.0 Å². The number of benzene rings is 2. The van der Waals surface area contributed by atoms with E-state index in [-0.39, 0.29) is 0 Å². The maximum absolute atomic E-state index is 5.59. The van der Waals surface area contributed by atoms with E-state index in [1.807, 2.05) is 12.1 Å². The van der Waals surface area contributed by atoms with E-state index in [1.165, 1.54) is 4.90 Å². The molecule has 0 amide bonds. The Morgan fingerprint density at radius 1 is 0.895 bits per heavy atom. The summed E-state index contributed by atoms with van der Waals surface area (Å²) in [6.07, 6.45) is 0. The zero-order valence-electron chi connectivity index (χ0n) is 10.5. The maximum atomic E-state index is 5.59. The Bertz CT molecular complexity index is 569. The quantitative estimate of drug-likeness (QED) is 0.933. The Morgan fingerprint density at radius 3 is 2.32 bits per heavy atom. The van der Waals surface area contributed by atoms with E-state index in [0.29, 0.717) is 19.8 Å². The molecule has 0 bridgehead atoms. The van der Waals surface area contributed by atoms with Crippen molar-refractivity contribution in [1.29, 1.82) is 0 Å². The van der Waals surface area contributed by atoms with Crippen molar-refractivity contribution in [3.63, 3.8) is 0 Å². The summed E-state index contributed by atoms with van der Waals surface area (Å²) >= 11 is 1.70. The average Bonchev–Trinajstić information content (AvgIpc) is 2.48. The van der Waals surface area contributed by atoms with Gasteiger partial charge in [-0.25, -0.2) is 0 Å². The van der Waals surface area contributed by atoms with Gasteiger partial charge in [-0.05, 0) is 35.9 Å². The predicted molar refractivity (Wildman–Crippen MR) is 75.9 cm³/mol. The highest BCUT2D eigenvalue weighted by Gasteiger charge is 2.12. The van der Waals surface area contributed by atoms with Crippen molar-refractivity contribution in [1.82, 2.24) is 0 Å². The fourth-order valence-corrected chi connectivity index (χ4v) is 2.76. The number of hydrogen-bond donors (Lipinski definition) is 1. The molecule has 2 aromatic rings. The number of nitrogens with two attached hydrogens (primary N) is 1. The highest BCUT2D eigenvalue weighted by atomic mass is 32.2. The summed E-state index contributed by atoms with van der Waals surface area (Å²) in [6.45, 7) is 1.82. The van der Waals surface area contributed by atoms with E-state index in [9.17, 15) is 0 Å². The van der Waals surface area contributed by atoms with E-state index < -0.39 is 0 Å². The van der Waals surface area contributed by atoms with E-state index >= 15 is 0 Å². The standard InChI is InChI=1S/C15H15NO2S/c16-10-11-1-3-12(4-2-11)19-13-5-6-14-15(9-13)18-8-7-17-14/h1-6,9H,7-8,10,16H2. The van der Waals surface area contributed by atoms with Crippen LogP contribution >= 0.6 is 11.8 Å². The van der Waals surface area contributed by atoms with Gasteiger partial charge in [0.2, 0.25) is 0 Å². The van der Waals surface area contributed by atoms with Gasteiger partial charge in [0, 0.05) is 16.3 Å². The summed E-state index contributed by atoms with van der Waals surface area (Å²) in [5.74, 6) is 1.66. The molecule has 0 aliphatic carbocycles. The van der Waals surface area contributed by atoms with Crippen LogP contribution in [0.25, 0.3) is 0 Å². The van der Waals surface area contributed by atoms with Gasteiger partial charge in [0.05, 0.1) is 0 Å². The van der Waals surface area contributed by atoms with Crippen LogP contribution < -0.4 is 15.2 Å². The van der Waals surface area contributed by atoms with Gasteiger partial charge < -0.3 is 15.2 Å². The lowest BCUT2D eigenvalue weighted by Gasteiger charge is -2.18. The van der Waals surface area contributed by atoms with Gasteiger partial charge in [0.25, 0.3) is 0 Å². The molecule has 0 spiro atoms. The molecule has 19 heavy (non-hydrogen) atoms. The number of fused-ring (bicyclic) bond motifs is 1. The molecule has 98 valence electrons. The van der Waals surface area contributed by atoms with Gasteiger partial charge in [-0.1, -0.05) is 23.9 Å². The molecule has 1 aliphatic rings. The zero-order chi connectivity index (χ0) is 13.1. The normalized spacial score (nSPS) is 13.3. The maximum Gasteiger partial charge on any atom is 0.162 e. The molecular formula is C15H15NO2S. The third kappa shape index (κ3) is 2.85. The summed E-state index contributed by atoms with van der Waals surface area (Å²) in [4.78, 5) is 2.33. The summed E-state index contributed by atoms with van der Waals surface area (Å²) in [7, 11) is 0. The summed E-state index contributed by atoms with van der Waals surface area (Å²) in [5.41, 5.74) is 6.74. The molecule has 4 heteroatoms. The zero-order valence-corrected chi connectivity index (χ0v) is 11.3. The Balaban J connectivity index is 1.78. The Hall–Kier alpha value is -1.65. The molecule has 0 aromatic heterocycles. The topological polar surface area (TPSA) is 44.5 Å². The lowest BCUT2D eigenvalue weighted by atomic mass is 10.2. The molecule has 0 fully saturated rings. The number of ether oxygens (including phenoxy) is 2. The van der Waals surface area contributed by atoms with E-state index in [0.717, 1.165) is 22.0 Å². The van der Waals surface area contributed by atoms with Crippen LogP contribution in [0.2, 0.25) is 0 Å². The van der Waals surface area contributed by atoms with E-state index in [2.05, 4.69) is 30.3 Å². The predicted octanol–water partition coefficient (Wildman–Crippen LogP) is 3.07. The van der Waals surface area contributed by atoms with Crippen LogP contribution in [0.5, 0.6) is 11.5 Å². The second-order valence-corrected chi connectivity index (χ2v) is 5.40. The first-order chi connectivity index (χ1) is 9.35. The molecule has 0 saturated heterocycles. The second-order valence-electron chi connectivity index (χ2n) is 4.26. The molecule has 0 unspecified atom stereocenters. The van der Waals surface area contributed by atoms with Gasteiger partial charge in [-0.3, -0.25) is 0 Å².